The normalized spacial score (nSPS) is 14.6. The van der Waals surface area contributed by atoms with Crippen LogP contribution in [-0.4, -0.2) is 26.0 Å². The molecule has 35 heavy (non-hydrogen) atoms. The van der Waals surface area contributed by atoms with Crippen molar-refractivity contribution >= 4 is 5.57 Å². The van der Waals surface area contributed by atoms with Crippen molar-refractivity contribution in [3.05, 3.63) is 98.6 Å². The van der Waals surface area contributed by atoms with Crippen LogP contribution in [0.15, 0.2) is 64.7 Å². The average molecular weight is 469 g/mol. The van der Waals surface area contributed by atoms with E-state index in [1.807, 2.05) is 13.1 Å². The molecule has 0 saturated carbocycles. The second-order valence-electron chi connectivity index (χ2n) is 9.38. The average Bonchev–Trinajstić information content (AvgIpc) is 2.87. The molecule has 0 unspecified atom stereocenters. The molecule has 0 N–H and O–H groups in total. The highest BCUT2D eigenvalue weighted by atomic mass is 16.1. The predicted octanol–water partition coefficient (Wildman–Crippen LogP) is 5.86. The fourth-order valence-corrected chi connectivity index (χ4v) is 4.95. The zero-order valence-corrected chi connectivity index (χ0v) is 21.9. The number of hydrogen-bond acceptors (Lipinski definition) is 4. The summed E-state index contributed by atoms with van der Waals surface area (Å²) in [5, 5.41) is 0. The molecule has 0 saturated heterocycles. The molecule has 1 aliphatic heterocycles. The molecule has 0 radical (unpaired) electrons. The third-order valence-electron chi connectivity index (χ3n) is 7.03. The first-order chi connectivity index (χ1) is 16.8. The number of benzene rings is 1. The van der Waals surface area contributed by atoms with Gasteiger partial charge in [0.2, 0.25) is 0 Å². The molecule has 0 fully saturated rings. The molecular weight excluding hydrogens is 432 g/mol. The van der Waals surface area contributed by atoms with Gasteiger partial charge in [-0.15, -0.1) is 0 Å². The Morgan fingerprint density at radius 3 is 2.66 bits per heavy atom. The molecule has 3 heterocycles. The summed E-state index contributed by atoms with van der Waals surface area (Å²) in [6.07, 6.45) is 7.18. The zero-order chi connectivity index (χ0) is 25.1. The number of aryl methyl sites for hydroxylation is 2. The number of nitrogens with zero attached hydrogens (tertiary/aromatic N) is 4. The van der Waals surface area contributed by atoms with Crippen LogP contribution in [0.3, 0.4) is 0 Å². The maximum Gasteiger partial charge on any atom is 0.253 e. The van der Waals surface area contributed by atoms with Crippen molar-refractivity contribution in [3.63, 3.8) is 0 Å². The molecule has 1 aromatic carbocycles. The summed E-state index contributed by atoms with van der Waals surface area (Å²) in [7, 11) is 1.79. The number of hydrogen-bond donors (Lipinski definition) is 0. The highest BCUT2D eigenvalue weighted by Crippen LogP contribution is 2.31. The number of aromatic nitrogens is 3. The van der Waals surface area contributed by atoms with E-state index in [0.717, 1.165) is 55.0 Å². The van der Waals surface area contributed by atoms with Crippen molar-refractivity contribution in [1.29, 1.82) is 0 Å². The molecule has 182 valence electrons. The molecule has 3 aromatic rings. The fourth-order valence-electron chi connectivity index (χ4n) is 4.95. The lowest BCUT2D eigenvalue weighted by Crippen LogP contribution is -2.31. The zero-order valence-electron chi connectivity index (χ0n) is 21.9. The van der Waals surface area contributed by atoms with Gasteiger partial charge in [-0.2, -0.15) is 0 Å². The minimum Gasteiger partial charge on any atom is -0.367 e. The summed E-state index contributed by atoms with van der Waals surface area (Å²) in [5.74, 6) is 0.729. The predicted molar refractivity (Wildman–Crippen MR) is 144 cm³/mol. The van der Waals surface area contributed by atoms with Gasteiger partial charge in [-0.3, -0.25) is 14.3 Å². The summed E-state index contributed by atoms with van der Waals surface area (Å²) in [6, 6.07) is 12.5. The van der Waals surface area contributed by atoms with Gasteiger partial charge in [0.25, 0.3) is 5.56 Å². The van der Waals surface area contributed by atoms with Crippen LogP contribution in [0.25, 0.3) is 16.7 Å². The molecule has 5 heteroatoms. The smallest absolute Gasteiger partial charge is 0.253 e. The van der Waals surface area contributed by atoms with Crippen LogP contribution in [0.2, 0.25) is 0 Å². The van der Waals surface area contributed by atoms with Crippen LogP contribution < -0.4 is 5.56 Å². The summed E-state index contributed by atoms with van der Waals surface area (Å²) in [5.41, 5.74) is 10.4. The lowest BCUT2D eigenvalue weighted by molar-refractivity contribution is 0.324. The van der Waals surface area contributed by atoms with Gasteiger partial charge in [0, 0.05) is 61.5 Å². The van der Waals surface area contributed by atoms with Crippen molar-refractivity contribution in [2.24, 2.45) is 7.05 Å². The first-order valence-corrected chi connectivity index (χ1v) is 12.6. The van der Waals surface area contributed by atoms with E-state index in [9.17, 15) is 4.79 Å². The van der Waals surface area contributed by atoms with E-state index in [4.69, 9.17) is 4.98 Å². The van der Waals surface area contributed by atoms with E-state index in [1.165, 1.54) is 33.6 Å². The van der Waals surface area contributed by atoms with Crippen LogP contribution >= 0.6 is 0 Å². The van der Waals surface area contributed by atoms with Gasteiger partial charge < -0.3 is 4.90 Å². The Morgan fingerprint density at radius 2 is 1.91 bits per heavy atom. The summed E-state index contributed by atoms with van der Waals surface area (Å²) in [6.45, 7) is 12.2. The van der Waals surface area contributed by atoms with E-state index in [-0.39, 0.29) is 5.56 Å². The molecule has 4 rings (SSSR count). The first kappa shape index (κ1) is 24.6. The largest absolute Gasteiger partial charge is 0.367 e. The van der Waals surface area contributed by atoms with Gasteiger partial charge in [0.05, 0.1) is 0 Å². The SMILES string of the molecule is CC/C=C(/C(C)=C(/C)c1nc(C)cc(=O)n1C)N1CCc2ncc(-c3ccccc3CC)cc2C1. The maximum absolute atomic E-state index is 12.4. The Hall–Kier alpha value is -3.47. The Labute approximate surface area is 208 Å². The first-order valence-electron chi connectivity index (χ1n) is 12.6. The van der Waals surface area contributed by atoms with Crippen molar-refractivity contribution in [2.45, 2.75) is 60.4 Å². The second kappa shape index (κ2) is 10.4. The van der Waals surface area contributed by atoms with E-state index < -0.39 is 0 Å². The molecule has 1 aliphatic rings. The lowest BCUT2D eigenvalue weighted by atomic mass is 9.95. The summed E-state index contributed by atoms with van der Waals surface area (Å²) < 4.78 is 1.64. The molecular formula is C30H36N4O. The highest BCUT2D eigenvalue weighted by Gasteiger charge is 2.22. The molecule has 2 aromatic heterocycles. The summed E-state index contributed by atoms with van der Waals surface area (Å²) in [4.78, 5) is 24.4. The van der Waals surface area contributed by atoms with E-state index in [2.05, 4.69) is 74.0 Å². The van der Waals surface area contributed by atoms with Crippen LogP contribution in [0.5, 0.6) is 0 Å². The minimum atomic E-state index is -0.0291. The third-order valence-corrected chi connectivity index (χ3v) is 7.03. The Morgan fingerprint density at radius 1 is 1.14 bits per heavy atom. The third kappa shape index (κ3) is 5.00. The van der Waals surface area contributed by atoms with Gasteiger partial charge >= 0.3 is 0 Å². The van der Waals surface area contributed by atoms with Crippen molar-refractivity contribution in [2.75, 3.05) is 6.54 Å². The maximum atomic E-state index is 12.4. The molecule has 0 aliphatic carbocycles. The van der Waals surface area contributed by atoms with Crippen LogP contribution in [0, 0.1) is 6.92 Å². The van der Waals surface area contributed by atoms with Gasteiger partial charge in [-0.1, -0.05) is 44.2 Å². The number of allylic oxidation sites excluding steroid dienone is 3. The molecule has 0 bridgehead atoms. The van der Waals surface area contributed by atoms with Gasteiger partial charge in [0.1, 0.15) is 5.82 Å². The minimum absolute atomic E-state index is 0.0291. The Balaban J connectivity index is 1.71. The van der Waals surface area contributed by atoms with Crippen molar-refractivity contribution in [1.82, 2.24) is 19.4 Å². The van der Waals surface area contributed by atoms with Gasteiger partial charge in [-0.05, 0) is 67.5 Å². The number of rotatable bonds is 6. The van der Waals surface area contributed by atoms with Crippen molar-refractivity contribution < 1.29 is 0 Å². The van der Waals surface area contributed by atoms with E-state index in [0.29, 0.717) is 0 Å². The number of fused-ring (bicyclic) bond motifs is 1. The van der Waals surface area contributed by atoms with Gasteiger partial charge in [0.15, 0.2) is 0 Å². The van der Waals surface area contributed by atoms with Crippen LogP contribution in [0.1, 0.15) is 62.5 Å². The van der Waals surface area contributed by atoms with Crippen molar-refractivity contribution in [3.8, 4) is 11.1 Å². The Bertz CT molecular complexity index is 1360. The lowest BCUT2D eigenvalue weighted by Gasteiger charge is -2.33. The summed E-state index contributed by atoms with van der Waals surface area (Å²) >= 11 is 0. The molecule has 0 amide bonds. The molecule has 0 atom stereocenters. The van der Waals surface area contributed by atoms with E-state index >= 15 is 0 Å². The number of pyridine rings is 1. The molecule has 5 nitrogen and oxygen atoms in total. The highest BCUT2D eigenvalue weighted by molar-refractivity contribution is 5.68. The fraction of sp³-hybridized carbons (Fsp3) is 0.367. The monoisotopic (exact) mass is 468 g/mol. The quantitative estimate of drug-likeness (QED) is 0.425. The second-order valence-corrected chi connectivity index (χ2v) is 9.38. The standard InChI is InChI=1S/C30H36N4O/c1-7-11-28(21(4)22(5)30-32-20(3)16-29(35)33(30)6)34-15-14-27-25(19-34)17-24(18-31-27)26-13-10-9-12-23(26)8-2/h9-13,16-18H,7-8,14-15,19H2,1-6H3/b22-21-,28-11-. The van der Waals surface area contributed by atoms with Crippen LogP contribution in [-0.2, 0) is 26.4 Å². The topological polar surface area (TPSA) is 51.0 Å². The van der Waals surface area contributed by atoms with E-state index in [1.54, 1.807) is 17.7 Å². The molecule has 0 spiro atoms. The Kier molecular flexibility index (Phi) is 7.34. The van der Waals surface area contributed by atoms with Crippen LogP contribution in [0.4, 0.5) is 0 Å². The van der Waals surface area contributed by atoms with Gasteiger partial charge in [-0.25, -0.2) is 4.98 Å².